The van der Waals surface area contributed by atoms with E-state index in [0.717, 1.165) is 11.4 Å². The maximum absolute atomic E-state index is 12.8. The van der Waals surface area contributed by atoms with Crippen LogP contribution in [0, 0.1) is 13.8 Å². The van der Waals surface area contributed by atoms with Crippen LogP contribution in [0.15, 0.2) is 51.7 Å². The molecule has 2 heterocycles. The van der Waals surface area contributed by atoms with Crippen molar-refractivity contribution in [3.63, 3.8) is 0 Å². The third kappa shape index (κ3) is 4.89. The summed E-state index contributed by atoms with van der Waals surface area (Å²) in [5, 5.41) is 5.47. The monoisotopic (exact) mass is 410 g/mol. The average Bonchev–Trinajstić information content (AvgIpc) is 3.23. The van der Waals surface area contributed by atoms with Crippen molar-refractivity contribution in [1.29, 1.82) is 0 Å². The molecule has 0 spiro atoms. The van der Waals surface area contributed by atoms with Gasteiger partial charge < -0.3 is 15.1 Å². The second kappa shape index (κ2) is 9.30. The molecule has 0 bridgehead atoms. The normalized spacial score (nSPS) is 10.8. The van der Waals surface area contributed by atoms with Crippen molar-refractivity contribution in [2.24, 2.45) is 7.05 Å². The van der Waals surface area contributed by atoms with Gasteiger partial charge in [0, 0.05) is 19.9 Å². The summed E-state index contributed by atoms with van der Waals surface area (Å²) in [4.78, 5) is 37.1. The molecule has 0 atom stereocenters. The van der Waals surface area contributed by atoms with Gasteiger partial charge in [-0.2, -0.15) is 0 Å². The van der Waals surface area contributed by atoms with E-state index in [9.17, 15) is 14.4 Å². The van der Waals surface area contributed by atoms with Crippen LogP contribution in [-0.2, 0) is 23.2 Å². The number of amides is 2. The number of carbonyl (C=O) groups is 2. The Kier molecular flexibility index (Phi) is 6.56. The van der Waals surface area contributed by atoms with Gasteiger partial charge in [0.05, 0.1) is 17.9 Å². The quantitative estimate of drug-likeness (QED) is 0.597. The van der Waals surface area contributed by atoms with E-state index in [4.69, 9.17) is 4.42 Å². The SMILES string of the molecule is Cc1ccc(CNC(=O)CCCC(=O)Nc2c(C)n(C)n(-c3ccccc3)c2=O)o1. The van der Waals surface area contributed by atoms with Crippen molar-refractivity contribution in [1.82, 2.24) is 14.7 Å². The Morgan fingerprint density at radius 1 is 1.00 bits per heavy atom. The van der Waals surface area contributed by atoms with Gasteiger partial charge in [0.2, 0.25) is 11.8 Å². The minimum Gasteiger partial charge on any atom is -0.465 e. The number of furan rings is 1. The zero-order valence-electron chi connectivity index (χ0n) is 17.4. The standard InChI is InChI=1S/C22H26N4O4/c1-15-12-13-18(30-15)14-23-19(27)10-7-11-20(28)24-21-16(2)25(3)26(22(21)29)17-8-5-4-6-9-17/h4-6,8-9,12-13H,7,10-11,14H2,1-3H3,(H,23,27)(H,24,28). The molecule has 0 fully saturated rings. The number of hydrogen-bond donors (Lipinski definition) is 2. The highest BCUT2D eigenvalue weighted by Crippen LogP contribution is 2.14. The fourth-order valence-electron chi connectivity index (χ4n) is 3.18. The summed E-state index contributed by atoms with van der Waals surface area (Å²) in [5.74, 6) is 1.03. The molecule has 2 N–H and O–H groups in total. The fourth-order valence-corrected chi connectivity index (χ4v) is 3.18. The third-order valence-electron chi connectivity index (χ3n) is 4.88. The Morgan fingerprint density at radius 2 is 1.70 bits per heavy atom. The second-order valence-electron chi connectivity index (χ2n) is 7.13. The number of nitrogens with zero attached hydrogens (tertiary/aromatic N) is 2. The van der Waals surface area contributed by atoms with Crippen molar-refractivity contribution < 1.29 is 14.0 Å². The molecule has 2 aromatic heterocycles. The molecule has 1 aromatic carbocycles. The number of para-hydroxylation sites is 1. The number of benzene rings is 1. The van der Waals surface area contributed by atoms with Gasteiger partial charge in [-0.25, -0.2) is 4.68 Å². The summed E-state index contributed by atoms with van der Waals surface area (Å²) < 4.78 is 8.61. The van der Waals surface area contributed by atoms with Crippen LogP contribution in [0.1, 0.15) is 36.5 Å². The van der Waals surface area contributed by atoms with Crippen LogP contribution in [0.3, 0.4) is 0 Å². The Bertz CT molecular complexity index is 1090. The predicted octanol–water partition coefficient (Wildman–Crippen LogP) is 2.81. The average molecular weight is 410 g/mol. The van der Waals surface area contributed by atoms with E-state index < -0.39 is 0 Å². The van der Waals surface area contributed by atoms with Crippen LogP contribution < -0.4 is 16.2 Å². The molecule has 158 valence electrons. The van der Waals surface area contributed by atoms with Gasteiger partial charge in [-0.1, -0.05) is 18.2 Å². The van der Waals surface area contributed by atoms with Crippen LogP contribution >= 0.6 is 0 Å². The van der Waals surface area contributed by atoms with Crippen LogP contribution in [-0.4, -0.2) is 21.2 Å². The van der Waals surface area contributed by atoms with Gasteiger partial charge >= 0.3 is 0 Å². The summed E-state index contributed by atoms with van der Waals surface area (Å²) >= 11 is 0. The van der Waals surface area contributed by atoms with Gasteiger partial charge in [0.15, 0.2) is 0 Å². The highest BCUT2D eigenvalue weighted by Gasteiger charge is 2.18. The molecule has 0 aliphatic rings. The fraction of sp³-hybridized carbons (Fsp3) is 0.318. The summed E-state index contributed by atoms with van der Waals surface area (Å²) in [6, 6.07) is 12.9. The number of aromatic nitrogens is 2. The molecule has 8 nitrogen and oxygen atoms in total. The summed E-state index contributed by atoms with van der Waals surface area (Å²) in [5.41, 5.74) is 1.34. The smallest absolute Gasteiger partial charge is 0.295 e. The lowest BCUT2D eigenvalue weighted by atomic mass is 10.2. The van der Waals surface area contributed by atoms with E-state index in [-0.39, 0.29) is 35.9 Å². The minimum atomic E-state index is -0.296. The van der Waals surface area contributed by atoms with Gasteiger partial charge in [0.1, 0.15) is 17.2 Å². The molecule has 3 aromatic rings. The molecule has 2 amide bonds. The van der Waals surface area contributed by atoms with E-state index in [1.807, 2.05) is 49.4 Å². The zero-order chi connectivity index (χ0) is 21.7. The van der Waals surface area contributed by atoms with Gasteiger partial charge in [-0.15, -0.1) is 0 Å². The first-order chi connectivity index (χ1) is 14.4. The maximum Gasteiger partial charge on any atom is 0.295 e. The molecule has 30 heavy (non-hydrogen) atoms. The first kappa shape index (κ1) is 21.2. The number of carbonyl (C=O) groups excluding carboxylic acids is 2. The first-order valence-corrected chi connectivity index (χ1v) is 9.82. The lowest BCUT2D eigenvalue weighted by molar-refractivity contribution is -0.121. The summed E-state index contributed by atoms with van der Waals surface area (Å²) in [7, 11) is 1.77. The summed E-state index contributed by atoms with van der Waals surface area (Å²) in [6.07, 6.45) is 0.745. The Balaban J connectivity index is 1.53. The van der Waals surface area contributed by atoms with Crippen LogP contribution in [0.4, 0.5) is 5.69 Å². The topological polar surface area (TPSA) is 98.3 Å². The number of nitrogens with one attached hydrogen (secondary N) is 2. The molecule has 0 saturated carbocycles. The van der Waals surface area contributed by atoms with Crippen molar-refractivity contribution >= 4 is 17.5 Å². The Labute approximate surface area is 174 Å². The molecular weight excluding hydrogens is 384 g/mol. The first-order valence-electron chi connectivity index (χ1n) is 9.82. The van der Waals surface area contributed by atoms with Gasteiger partial charge in [-0.3, -0.25) is 19.1 Å². The number of hydrogen-bond acceptors (Lipinski definition) is 4. The van der Waals surface area contributed by atoms with E-state index in [1.165, 1.54) is 4.68 Å². The number of aryl methyl sites for hydroxylation is 1. The zero-order valence-corrected chi connectivity index (χ0v) is 17.4. The predicted molar refractivity (Wildman–Crippen MR) is 114 cm³/mol. The maximum atomic E-state index is 12.8. The van der Waals surface area contributed by atoms with Crippen LogP contribution in [0.5, 0.6) is 0 Å². The number of rotatable bonds is 8. The van der Waals surface area contributed by atoms with Crippen molar-refractivity contribution in [3.8, 4) is 5.69 Å². The lowest BCUT2D eigenvalue weighted by Gasteiger charge is -2.07. The largest absolute Gasteiger partial charge is 0.465 e. The Morgan fingerprint density at radius 3 is 2.37 bits per heavy atom. The van der Waals surface area contributed by atoms with Crippen LogP contribution in [0.2, 0.25) is 0 Å². The van der Waals surface area contributed by atoms with Crippen LogP contribution in [0.25, 0.3) is 5.69 Å². The molecule has 0 aliphatic heterocycles. The summed E-state index contributed by atoms with van der Waals surface area (Å²) in [6.45, 7) is 3.94. The van der Waals surface area contributed by atoms with E-state index >= 15 is 0 Å². The minimum absolute atomic E-state index is 0.145. The molecule has 3 rings (SSSR count). The highest BCUT2D eigenvalue weighted by molar-refractivity contribution is 5.91. The van der Waals surface area contributed by atoms with Gasteiger partial charge in [0.25, 0.3) is 5.56 Å². The molecule has 0 unspecified atom stereocenters. The van der Waals surface area contributed by atoms with Gasteiger partial charge in [-0.05, 0) is 44.5 Å². The molecule has 8 heteroatoms. The molecule has 0 aliphatic carbocycles. The second-order valence-corrected chi connectivity index (χ2v) is 7.13. The Hall–Kier alpha value is -3.55. The third-order valence-corrected chi connectivity index (χ3v) is 4.88. The van der Waals surface area contributed by atoms with Crippen molar-refractivity contribution in [3.05, 3.63) is 70.0 Å². The van der Waals surface area contributed by atoms with Crippen molar-refractivity contribution in [2.45, 2.75) is 39.7 Å². The van der Waals surface area contributed by atoms with E-state index in [0.29, 0.717) is 24.4 Å². The molecule has 0 saturated heterocycles. The van der Waals surface area contributed by atoms with E-state index in [2.05, 4.69) is 10.6 Å². The molecule has 0 radical (unpaired) electrons. The lowest BCUT2D eigenvalue weighted by Crippen LogP contribution is -2.24. The van der Waals surface area contributed by atoms with Crippen molar-refractivity contribution in [2.75, 3.05) is 5.32 Å². The van der Waals surface area contributed by atoms with E-state index in [1.54, 1.807) is 18.7 Å². The highest BCUT2D eigenvalue weighted by atomic mass is 16.3. The molecular formula is C22H26N4O4. The number of anilines is 1.